The van der Waals surface area contributed by atoms with E-state index in [1.165, 1.54) is 18.2 Å². The summed E-state index contributed by atoms with van der Waals surface area (Å²) in [6.45, 7) is 2.09. The lowest BCUT2D eigenvalue weighted by Crippen LogP contribution is -2.32. The van der Waals surface area contributed by atoms with Crippen LogP contribution in [-0.4, -0.2) is 39.4 Å². The van der Waals surface area contributed by atoms with Crippen LogP contribution < -0.4 is 10.6 Å². The Kier molecular flexibility index (Phi) is 6.47. The van der Waals surface area contributed by atoms with Gasteiger partial charge in [-0.25, -0.2) is 9.59 Å². The van der Waals surface area contributed by atoms with Gasteiger partial charge in [0.25, 0.3) is 0 Å². The first-order chi connectivity index (χ1) is 9.43. The zero-order valence-corrected chi connectivity index (χ0v) is 12.4. The number of carbonyl (C=O) groups excluding carboxylic acids is 1. The van der Waals surface area contributed by atoms with Crippen molar-refractivity contribution in [3.63, 3.8) is 0 Å². The molecule has 0 radical (unpaired) electrons. The third-order valence-corrected chi connectivity index (χ3v) is 4.02. The van der Waals surface area contributed by atoms with Gasteiger partial charge in [-0.2, -0.15) is 0 Å². The van der Waals surface area contributed by atoms with Crippen LogP contribution in [0.3, 0.4) is 0 Å². The second-order valence-electron chi connectivity index (χ2n) is 3.81. The number of amides is 2. The Bertz CT molecular complexity index is 536. The van der Waals surface area contributed by atoms with Crippen LogP contribution in [0.25, 0.3) is 0 Å². The number of carbonyl (C=O) groups is 2. The molecule has 1 aromatic rings. The summed E-state index contributed by atoms with van der Waals surface area (Å²) < 4.78 is 11.2. The number of carboxylic acid groups (broad SMARTS) is 1. The Morgan fingerprint density at radius 2 is 2.10 bits per heavy atom. The SMILES string of the molecule is CCS(=O)CCNC(=O)Nc1ccc(C(=O)O)cc1Cl. The van der Waals surface area contributed by atoms with Gasteiger partial charge in [0.05, 0.1) is 16.3 Å². The number of rotatable bonds is 6. The molecule has 0 aliphatic heterocycles. The molecule has 6 nitrogen and oxygen atoms in total. The number of hydrogen-bond acceptors (Lipinski definition) is 3. The lowest BCUT2D eigenvalue weighted by atomic mass is 10.2. The normalized spacial score (nSPS) is 11.7. The highest BCUT2D eigenvalue weighted by molar-refractivity contribution is 7.84. The number of halogens is 1. The maximum atomic E-state index is 11.6. The summed E-state index contributed by atoms with van der Waals surface area (Å²) in [5.74, 6) is -0.161. The van der Waals surface area contributed by atoms with Gasteiger partial charge in [-0.3, -0.25) is 4.21 Å². The molecule has 110 valence electrons. The van der Waals surface area contributed by atoms with Crippen LogP contribution in [0.5, 0.6) is 0 Å². The third kappa shape index (κ3) is 5.18. The number of anilines is 1. The fraction of sp³-hybridized carbons (Fsp3) is 0.333. The molecule has 0 saturated heterocycles. The number of carboxylic acids is 1. The van der Waals surface area contributed by atoms with Crippen molar-refractivity contribution >= 4 is 40.1 Å². The molecule has 0 heterocycles. The second kappa shape index (κ2) is 7.86. The van der Waals surface area contributed by atoms with Crippen LogP contribution in [0.1, 0.15) is 17.3 Å². The van der Waals surface area contributed by atoms with Crippen molar-refractivity contribution in [2.24, 2.45) is 0 Å². The summed E-state index contributed by atoms with van der Waals surface area (Å²) in [5.41, 5.74) is 0.352. The van der Waals surface area contributed by atoms with E-state index in [9.17, 15) is 13.8 Å². The van der Waals surface area contributed by atoms with Gasteiger partial charge < -0.3 is 15.7 Å². The van der Waals surface area contributed by atoms with E-state index in [1.54, 1.807) is 6.92 Å². The molecule has 2 amide bonds. The molecule has 0 aromatic heterocycles. The predicted octanol–water partition coefficient (Wildman–Crippen LogP) is 1.93. The molecule has 20 heavy (non-hydrogen) atoms. The van der Waals surface area contributed by atoms with E-state index in [4.69, 9.17) is 16.7 Å². The molecular weight excluding hydrogens is 304 g/mol. The van der Waals surface area contributed by atoms with Crippen LogP contribution in [0, 0.1) is 0 Å². The fourth-order valence-electron chi connectivity index (χ4n) is 1.34. The van der Waals surface area contributed by atoms with Crippen molar-refractivity contribution in [1.82, 2.24) is 5.32 Å². The van der Waals surface area contributed by atoms with E-state index in [2.05, 4.69) is 10.6 Å². The van der Waals surface area contributed by atoms with Crippen molar-refractivity contribution in [3.05, 3.63) is 28.8 Å². The van der Waals surface area contributed by atoms with E-state index >= 15 is 0 Å². The van der Waals surface area contributed by atoms with Crippen LogP contribution >= 0.6 is 11.6 Å². The van der Waals surface area contributed by atoms with E-state index in [0.717, 1.165) is 0 Å². The average molecular weight is 319 g/mol. The minimum Gasteiger partial charge on any atom is -0.478 e. The first-order valence-electron chi connectivity index (χ1n) is 5.86. The third-order valence-electron chi connectivity index (χ3n) is 2.40. The Balaban J connectivity index is 2.54. The number of benzene rings is 1. The van der Waals surface area contributed by atoms with E-state index in [1.807, 2.05) is 0 Å². The maximum absolute atomic E-state index is 11.6. The summed E-state index contributed by atoms with van der Waals surface area (Å²) in [4.78, 5) is 22.3. The molecule has 0 aliphatic rings. The number of hydrogen-bond donors (Lipinski definition) is 3. The zero-order valence-electron chi connectivity index (χ0n) is 10.8. The maximum Gasteiger partial charge on any atom is 0.335 e. The summed E-state index contributed by atoms with van der Waals surface area (Å²) in [5, 5.41) is 14.0. The van der Waals surface area contributed by atoms with Gasteiger partial charge in [0, 0.05) is 28.9 Å². The van der Waals surface area contributed by atoms with Crippen molar-refractivity contribution in [2.75, 3.05) is 23.4 Å². The lowest BCUT2D eigenvalue weighted by molar-refractivity contribution is 0.0697. The second-order valence-corrected chi connectivity index (χ2v) is 6.09. The minimum absolute atomic E-state index is 0.0410. The molecule has 0 bridgehead atoms. The molecule has 3 N–H and O–H groups in total. The van der Waals surface area contributed by atoms with Crippen molar-refractivity contribution in [3.8, 4) is 0 Å². The summed E-state index contributed by atoms with van der Waals surface area (Å²) in [6, 6.07) is 3.53. The minimum atomic E-state index is -1.09. The Morgan fingerprint density at radius 1 is 1.40 bits per heavy atom. The highest BCUT2D eigenvalue weighted by Crippen LogP contribution is 2.22. The van der Waals surface area contributed by atoms with Gasteiger partial charge in [0.2, 0.25) is 0 Å². The summed E-state index contributed by atoms with van der Waals surface area (Å²) in [7, 11) is -0.936. The van der Waals surface area contributed by atoms with Gasteiger partial charge in [0.1, 0.15) is 0 Å². The van der Waals surface area contributed by atoms with E-state index in [-0.39, 0.29) is 17.1 Å². The van der Waals surface area contributed by atoms with Crippen LogP contribution in [-0.2, 0) is 10.8 Å². The molecule has 1 unspecified atom stereocenters. The molecule has 0 spiro atoms. The standard InChI is InChI=1S/C12H15ClN2O4S/c1-2-20(19)6-5-14-12(18)15-10-4-3-8(11(16)17)7-9(10)13/h3-4,7H,2,5-6H2,1H3,(H,16,17)(H2,14,15,18). The van der Waals surface area contributed by atoms with Gasteiger partial charge >= 0.3 is 12.0 Å². The van der Waals surface area contributed by atoms with Crippen LogP contribution in [0.4, 0.5) is 10.5 Å². The van der Waals surface area contributed by atoms with E-state index < -0.39 is 22.8 Å². The van der Waals surface area contributed by atoms with Crippen molar-refractivity contribution in [2.45, 2.75) is 6.92 Å². The number of aromatic carboxylic acids is 1. The van der Waals surface area contributed by atoms with Gasteiger partial charge in [-0.1, -0.05) is 18.5 Å². The topological polar surface area (TPSA) is 95.5 Å². The van der Waals surface area contributed by atoms with Gasteiger partial charge in [-0.05, 0) is 18.2 Å². The molecule has 1 atom stereocenters. The monoisotopic (exact) mass is 318 g/mol. The zero-order chi connectivity index (χ0) is 15.1. The summed E-state index contributed by atoms with van der Waals surface area (Å²) in [6.07, 6.45) is 0. The Hall–Kier alpha value is -1.60. The number of nitrogens with one attached hydrogen (secondary N) is 2. The predicted molar refractivity (Wildman–Crippen MR) is 79.0 cm³/mol. The first-order valence-corrected chi connectivity index (χ1v) is 7.73. The number of urea groups is 1. The molecular formula is C12H15ClN2O4S. The Morgan fingerprint density at radius 3 is 2.65 bits per heavy atom. The van der Waals surface area contributed by atoms with Crippen molar-refractivity contribution < 1.29 is 18.9 Å². The Labute approximate surface area is 124 Å². The average Bonchev–Trinajstić information content (AvgIpc) is 2.40. The van der Waals surface area contributed by atoms with Crippen LogP contribution in [0.15, 0.2) is 18.2 Å². The lowest BCUT2D eigenvalue weighted by Gasteiger charge is -2.09. The molecule has 0 fully saturated rings. The highest BCUT2D eigenvalue weighted by Gasteiger charge is 2.09. The highest BCUT2D eigenvalue weighted by atomic mass is 35.5. The van der Waals surface area contributed by atoms with E-state index in [0.29, 0.717) is 17.2 Å². The molecule has 8 heteroatoms. The molecule has 0 aliphatic carbocycles. The van der Waals surface area contributed by atoms with Gasteiger partial charge in [0.15, 0.2) is 0 Å². The fourth-order valence-corrected chi connectivity index (χ4v) is 2.18. The first kappa shape index (κ1) is 16.5. The van der Waals surface area contributed by atoms with Crippen LogP contribution in [0.2, 0.25) is 5.02 Å². The quantitative estimate of drug-likeness (QED) is 0.746. The van der Waals surface area contributed by atoms with Crippen molar-refractivity contribution in [1.29, 1.82) is 0 Å². The largest absolute Gasteiger partial charge is 0.478 e. The smallest absolute Gasteiger partial charge is 0.335 e. The molecule has 1 aromatic carbocycles. The molecule has 0 saturated carbocycles. The van der Waals surface area contributed by atoms with Gasteiger partial charge in [-0.15, -0.1) is 0 Å². The molecule has 1 rings (SSSR count). The summed E-state index contributed by atoms with van der Waals surface area (Å²) >= 11 is 5.87.